The standard InChI is InChI=1S/C12H20O2/c1-3-5-6-7-8-9-10-11-12(13)14-4-2/h6-7,10-11H,3-5,8-9H2,1-2H3/b7-6-,11-10+. The molecule has 0 atom stereocenters. The molecule has 0 aromatic rings. The van der Waals surface area contributed by atoms with E-state index in [0.717, 1.165) is 19.3 Å². The molecular formula is C12H20O2. The molecule has 0 saturated heterocycles. The van der Waals surface area contributed by atoms with Crippen LogP contribution in [0.4, 0.5) is 0 Å². The van der Waals surface area contributed by atoms with E-state index < -0.39 is 0 Å². The van der Waals surface area contributed by atoms with Gasteiger partial charge in [0.1, 0.15) is 0 Å². The number of esters is 1. The summed E-state index contributed by atoms with van der Waals surface area (Å²) in [5.41, 5.74) is 0. The van der Waals surface area contributed by atoms with E-state index in [4.69, 9.17) is 4.74 Å². The first-order valence-corrected chi connectivity index (χ1v) is 5.29. The first kappa shape index (κ1) is 12.9. The molecule has 0 rings (SSSR count). The van der Waals surface area contributed by atoms with Gasteiger partial charge in [0.25, 0.3) is 0 Å². The molecule has 0 spiro atoms. The Balaban J connectivity index is 3.39. The van der Waals surface area contributed by atoms with Crippen LogP contribution in [0, 0.1) is 0 Å². The molecule has 0 amide bonds. The fourth-order valence-corrected chi connectivity index (χ4v) is 0.965. The lowest BCUT2D eigenvalue weighted by atomic mass is 10.2. The Labute approximate surface area is 86.6 Å². The Bertz CT molecular complexity index is 192. The van der Waals surface area contributed by atoms with Crippen LogP contribution in [0.15, 0.2) is 24.3 Å². The molecule has 0 saturated carbocycles. The molecule has 80 valence electrons. The molecule has 0 aromatic carbocycles. The topological polar surface area (TPSA) is 26.3 Å². The molecule has 0 radical (unpaired) electrons. The zero-order valence-electron chi connectivity index (χ0n) is 9.16. The zero-order valence-corrected chi connectivity index (χ0v) is 9.16. The number of carbonyl (C=O) groups is 1. The molecule has 0 aliphatic rings. The first-order valence-electron chi connectivity index (χ1n) is 5.29. The molecule has 0 aromatic heterocycles. The van der Waals surface area contributed by atoms with E-state index in [1.165, 1.54) is 12.5 Å². The van der Waals surface area contributed by atoms with Crippen molar-refractivity contribution in [3.05, 3.63) is 24.3 Å². The average molecular weight is 196 g/mol. The van der Waals surface area contributed by atoms with Crippen molar-refractivity contribution < 1.29 is 9.53 Å². The van der Waals surface area contributed by atoms with E-state index in [1.54, 1.807) is 6.92 Å². The van der Waals surface area contributed by atoms with Crippen molar-refractivity contribution in [1.29, 1.82) is 0 Å². The van der Waals surface area contributed by atoms with Crippen LogP contribution in [0.25, 0.3) is 0 Å². The Morgan fingerprint density at radius 1 is 1.07 bits per heavy atom. The predicted octanol–water partition coefficient (Wildman–Crippen LogP) is 3.24. The van der Waals surface area contributed by atoms with Crippen LogP contribution in [0.5, 0.6) is 0 Å². The van der Waals surface area contributed by atoms with Gasteiger partial charge in [0.05, 0.1) is 6.61 Å². The van der Waals surface area contributed by atoms with Crippen molar-refractivity contribution >= 4 is 5.97 Å². The number of allylic oxidation sites excluding steroid dienone is 3. The van der Waals surface area contributed by atoms with Crippen LogP contribution in [-0.2, 0) is 9.53 Å². The van der Waals surface area contributed by atoms with Gasteiger partial charge in [-0.25, -0.2) is 4.79 Å². The molecule has 0 heterocycles. The van der Waals surface area contributed by atoms with Crippen molar-refractivity contribution in [2.24, 2.45) is 0 Å². The Morgan fingerprint density at radius 2 is 1.71 bits per heavy atom. The van der Waals surface area contributed by atoms with E-state index in [9.17, 15) is 4.79 Å². The molecule has 2 heteroatoms. The van der Waals surface area contributed by atoms with Crippen LogP contribution in [0.3, 0.4) is 0 Å². The molecule has 0 fully saturated rings. The maximum absolute atomic E-state index is 10.9. The van der Waals surface area contributed by atoms with Gasteiger partial charge >= 0.3 is 5.97 Å². The van der Waals surface area contributed by atoms with Gasteiger partial charge in [0, 0.05) is 6.08 Å². The second-order valence-electron chi connectivity index (χ2n) is 2.99. The van der Waals surface area contributed by atoms with Gasteiger partial charge in [-0.3, -0.25) is 0 Å². The predicted molar refractivity (Wildman–Crippen MR) is 59.1 cm³/mol. The molecule has 0 N–H and O–H groups in total. The van der Waals surface area contributed by atoms with E-state index in [-0.39, 0.29) is 5.97 Å². The molecule has 0 unspecified atom stereocenters. The second kappa shape index (κ2) is 10.0. The highest BCUT2D eigenvalue weighted by Crippen LogP contribution is 1.96. The summed E-state index contributed by atoms with van der Waals surface area (Å²) in [6.07, 6.45) is 11.9. The SMILES string of the molecule is CCC/C=C\CC/C=C/C(=O)OCC. The fraction of sp³-hybridized carbons (Fsp3) is 0.583. The Hall–Kier alpha value is -1.05. The summed E-state index contributed by atoms with van der Waals surface area (Å²) in [5, 5.41) is 0. The minimum absolute atomic E-state index is 0.245. The third-order valence-corrected chi connectivity index (χ3v) is 1.66. The summed E-state index contributed by atoms with van der Waals surface area (Å²) in [5.74, 6) is -0.245. The first-order chi connectivity index (χ1) is 6.81. The van der Waals surface area contributed by atoms with E-state index in [2.05, 4.69) is 19.1 Å². The van der Waals surface area contributed by atoms with E-state index in [1.807, 2.05) is 6.08 Å². The number of carbonyl (C=O) groups excluding carboxylic acids is 1. The molecule has 0 aliphatic heterocycles. The summed E-state index contributed by atoms with van der Waals surface area (Å²) in [6.45, 7) is 4.41. The van der Waals surface area contributed by atoms with Crippen LogP contribution in [0.1, 0.15) is 39.5 Å². The molecular weight excluding hydrogens is 176 g/mol. The second-order valence-corrected chi connectivity index (χ2v) is 2.99. The summed E-state index contributed by atoms with van der Waals surface area (Å²) in [6, 6.07) is 0. The third kappa shape index (κ3) is 9.04. The molecule has 2 nitrogen and oxygen atoms in total. The fourth-order valence-electron chi connectivity index (χ4n) is 0.965. The lowest BCUT2D eigenvalue weighted by Gasteiger charge is -1.93. The van der Waals surface area contributed by atoms with Crippen molar-refractivity contribution in [2.45, 2.75) is 39.5 Å². The normalized spacial score (nSPS) is 11.3. The third-order valence-electron chi connectivity index (χ3n) is 1.66. The Kier molecular flexibility index (Phi) is 9.28. The minimum atomic E-state index is -0.245. The lowest BCUT2D eigenvalue weighted by molar-refractivity contribution is -0.137. The van der Waals surface area contributed by atoms with Crippen LogP contribution in [-0.4, -0.2) is 12.6 Å². The highest BCUT2D eigenvalue weighted by atomic mass is 16.5. The van der Waals surface area contributed by atoms with Crippen LogP contribution < -0.4 is 0 Å². The maximum Gasteiger partial charge on any atom is 0.330 e. The van der Waals surface area contributed by atoms with Crippen LogP contribution >= 0.6 is 0 Å². The lowest BCUT2D eigenvalue weighted by Crippen LogP contribution is -1.98. The zero-order chi connectivity index (χ0) is 10.6. The smallest absolute Gasteiger partial charge is 0.330 e. The van der Waals surface area contributed by atoms with Gasteiger partial charge in [-0.05, 0) is 26.2 Å². The largest absolute Gasteiger partial charge is 0.463 e. The number of rotatable bonds is 7. The molecule has 0 bridgehead atoms. The number of unbranched alkanes of at least 4 members (excludes halogenated alkanes) is 2. The molecule has 14 heavy (non-hydrogen) atoms. The van der Waals surface area contributed by atoms with Crippen molar-refractivity contribution in [2.75, 3.05) is 6.61 Å². The van der Waals surface area contributed by atoms with E-state index >= 15 is 0 Å². The monoisotopic (exact) mass is 196 g/mol. The number of hydrogen-bond acceptors (Lipinski definition) is 2. The summed E-state index contributed by atoms with van der Waals surface area (Å²) in [4.78, 5) is 10.9. The summed E-state index contributed by atoms with van der Waals surface area (Å²) >= 11 is 0. The van der Waals surface area contributed by atoms with Crippen molar-refractivity contribution in [3.63, 3.8) is 0 Å². The average Bonchev–Trinajstić information content (AvgIpc) is 2.17. The maximum atomic E-state index is 10.9. The molecule has 0 aliphatic carbocycles. The van der Waals surface area contributed by atoms with Gasteiger partial charge < -0.3 is 4.74 Å². The van der Waals surface area contributed by atoms with Crippen LogP contribution in [0.2, 0.25) is 0 Å². The van der Waals surface area contributed by atoms with Gasteiger partial charge in [0.2, 0.25) is 0 Å². The van der Waals surface area contributed by atoms with Gasteiger partial charge in [0.15, 0.2) is 0 Å². The highest BCUT2D eigenvalue weighted by Gasteiger charge is 1.90. The van der Waals surface area contributed by atoms with Gasteiger partial charge in [-0.2, -0.15) is 0 Å². The number of hydrogen-bond donors (Lipinski definition) is 0. The van der Waals surface area contributed by atoms with Gasteiger partial charge in [-0.15, -0.1) is 0 Å². The van der Waals surface area contributed by atoms with E-state index in [0.29, 0.717) is 6.61 Å². The minimum Gasteiger partial charge on any atom is -0.463 e. The summed E-state index contributed by atoms with van der Waals surface area (Å²) in [7, 11) is 0. The quantitative estimate of drug-likeness (QED) is 0.270. The highest BCUT2D eigenvalue weighted by molar-refractivity contribution is 5.81. The van der Waals surface area contributed by atoms with Gasteiger partial charge in [-0.1, -0.05) is 31.6 Å². The Morgan fingerprint density at radius 3 is 2.36 bits per heavy atom. The summed E-state index contributed by atoms with van der Waals surface area (Å²) < 4.78 is 4.74. The van der Waals surface area contributed by atoms with Crippen molar-refractivity contribution in [3.8, 4) is 0 Å². The van der Waals surface area contributed by atoms with Crippen molar-refractivity contribution in [1.82, 2.24) is 0 Å². The number of ether oxygens (including phenoxy) is 1.